The third kappa shape index (κ3) is 2.98. The highest BCUT2D eigenvalue weighted by atomic mass is 19.4. The normalized spacial score (nSPS) is 28.2. The number of nitrogens with zero attached hydrogens (tertiary/aromatic N) is 1. The molecule has 0 aromatic rings. The van der Waals surface area contributed by atoms with Gasteiger partial charge in [0.1, 0.15) is 0 Å². The molecule has 5 heteroatoms. The fourth-order valence-electron chi connectivity index (χ4n) is 2.36. The largest absolute Gasteiger partial charge is 0.412 e. The lowest BCUT2D eigenvalue weighted by molar-refractivity contribution is -0.0960. The number of halogens is 3. The zero-order valence-electron chi connectivity index (χ0n) is 9.19. The smallest absolute Gasteiger partial charge is 0.313 e. The Morgan fingerprint density at radius 3 is 2.75 bits per heavy atom. The van der Waals surface area contributed by atoms with Gasteiger partial charge < -0.3 is 5.32 Å². The highest BCUT2D eigenvalue weighted by Crippen LogP contribution is 2.30. The third-order valence-corrected chi connectivity index (χ3v) is 3.30. The Hall–Kier alpha value is -0.550. The summed E-state index contributed by atoms with van der Waals surface area (Å²) in [6.07, 6.45) is -0.332. The molecule has 2 aliphatic heterocycles. The zero-order valence-corrected chi connectivity index (χ0v) is 9.19. The maximum absolute atomic E-state index is 12.4. The minimum Gasteiger partial charge on any atom is -0.313 e. The van der Waals surface area contributed by atoms with Crippen molar-refractivity contribution >= 4 is 0 Å². The number of nitrogens with one attached hydrogen (secondary N) is 1. The summed E-state index contributed by atoms with van der Waals surface area (Å²) < 4.78 is 37.1. The van der Waals surface area contributed by atoms with E-state index < -0.39 is 6.18 Å². The molecule has 16 heavy (non-hydrogen) atoms. The van der Waals surface area contributed by atoms with Crippen molar-refractivity contribution in [3.05, 3.63) is 11.6 Å². The van der Waals surface area contributed by atoms with E-state index in [0.29, 0.717) is 19.1 Å². The van der Waals surface area contributed by atoms with Crippen LogP contribution in [0.1, 0.15) is 19.3 Å². The molecule has 0 aromatic heterocycles. The predicted molar refractivity (Wildman–Crippen MR) is 56.2 cm³/mol. The van der Waals surface area contributed by atoms with Gasteiger partial charge in [0, 0.05) is 31.2 Å². The molecule has 0 amide bonds. The number of hydrogen-bond donors (Lipinski definition) is 1. The summed E-state index contributed by atoms with van der Waals surface area (Å²) in [5.41, 5.74) is -0.358. The van der Waals surface area contributed by atoms with Gasteiger partial charge in [0.25, 0.3) is 0 Å². The molecule has 1 fully saturated rings. The summed E-state index contributed by atoms with van der Waals surface area (Å²) >= 11 is 0. The van der Waals surface area contributed by atoms with E-state index >= 15 is 0 Å². The number of hydrogen-bond acceptors (Lipinski definition) is 2. The Morgan fingerprint density at radius 1 is 1.44 bits per heavy atom. The molecular formula is C11H17F3N2. The van der Waals surface area contributed by atoms with Crippen molar-refractivity contribution in [3.63, 3.8) is 0 Å². The first kappa shape index (κ1) is 11.9. The van der Waals surface area contributed by atoms with Crippen LogP contribution in [0.25, 0.3) is 0 Å². The molecule has 1 unspecified atom stereocenters. The molecule has 2 heterocycles. The summed E-state index contributed by atoms with van der Waals surface area (Å²) in [4.78, 5) is 2.10. The number of alkyl halides is 3. The first-order valence-corrected chi connectivity index (χ1v) is 5.77. The van der Waals surface area contributed by atoms with E-state index in [1.807, 2.05) is 0 Å². The maximum Gasteiger partial charge on any atom is 0.412 e. The Labute approximate surface area is 93.5 Å². The molecule has 0 spiro atoms. The molecule has 2 rings (SSSR count). The Kier molecular flexibility index (Phi) is 3.54. The van der Waals surface area contributed by atoms with E-state index in [0.717, 1.165) is 19.5 Å². The SMILES string of the molecule is FC(F)(F)C1=CCN(CC2CCCN2)CC1. The van der Waals surface area contributed by atoms with Crippen LogP contribution >= 0.6 is 0 Å². The van der Waals surface area contributed by atoms with Crippen LogP contribution in [0.4, 0.5) is 13.2 Å². The molecule has 0 radical (unpaired) electrons. The lowest BCUT2D eigenvalue weighted by Crippen LogP contribution is -2.40. The van der Waals surface area contributed by atoms with Gasteiger partial charge in [-0.3, -0.25) is 4.90 Å². The van der Waals surface area contributed by atoms with E-state index in [9.17, 15) is 13.2 Å². The van der Waals surface area contributed by atoms with Crippen LogP contribution in [-0.2, 0) is 0 Å². The van der Waals surface area contributed by atoms with Gasteiger partial charge in [0.15, 0.2) is 0 Å². The fraction of sp³-hybridized carbons (Fsp3) is 0.818. The summed E-state index contributed by atoms with van der Waals surface area (Å²) in [6, 6.07) is 0.473. The first-order valence-electron chi connectivity index (χ1n) is 5.77. The summed E-state index contributed by atoms with van der Waals surface area (Å²) in [7, 11) is 0. The molecule has 1 N–H and O–H groups in total. The van der Waals surface area contributed by atoms with Crippen LogP contribution < -0.4 is 5.32 Å². The van der Waals surface area contributed by atoms with Crippen LogP contribution in [0.3, 0.4) is 0 Å². The van der Waals surface area contributed by atoms with Gasteiger partial charge >= 0.3 is 6.18 Å². The van der Waals surface area contributed by atoms with Gasteiger partial charge in [-0.2, -0.15) is 13.2 Å². The van der Waals surface area contributed by atoms with Crippen molar-refractivity contribution in [2.24, 2.45) is 0 Å². The maximum atomic E-state index is 12.4. The summed E-state index contributed by atoms with van der Waals surface area (Å²) in [6.45, 7) is 2.89. The molecular weight excluding hydrogens is 217 g/mol. The van der Waals surface area contributed by atoms with Crippen LogP contribution in [-0.4, -0.2) is 43.3 Å². The summed E-state index contributed by atoms with van der Waals surface area (Å²) in [5, 5.41) is 3.36. The van der Waals surface area contributed by atoms with Crippen molar-refractivity contribution < 1.29 is 13.2 Å². The monoisotopic (exact) mass is 234 g/mol. The third-order valence-electron chi connectivity index (χ3n) is 3.30. The Morgan fingerprint density at radius 2 is 2.25 bits per heavy atom. The Bertz CT molecular complexity index is 267. The first-order chi connectivity index (χ1) is 7.55. The fourth-order valence-corrected chi connectivity index (χ4v) is 2.36. The molecule has 1 saturated heterocycles. The van der Waals surface area contributed by atoms with Gasteiger partial charge in [-0.25, -0.2) is 0 Å². The molecule has 0 saturated carbocycles. The van der Waals surface area contributed by atoms with Crippen molar-refractivity contribution in [1.29, 1.82) is 0 Å². The van der Waals surface area contributed by atoms with Crippen LogP contribution in [0.5, 0.6) is 0 Å². The van der Waals surface area contributed by atoms with Crippen molar-refractivity contribution in [2.45, 2.75) is 31.5 Å². The van der Waals surface area contributed by atoms with E-state index in [1.54, 1.807) is 0 Å². The summed E-state index contributed by atoms with van der Waals surface area (Å²) in [5.74, 6) is 0. The average Bonchev–Trinajstić information content (AvgIpc) is 2.70. The molecule has 2 nitrogen and oxygen atoms in total. The minimum atomic E-state index is -4.13. The van der Waals surface area contributed by atoms with Gasteiger partial charge in [-0.05, 0) is 25.8 Å². The second-order valence-corrected chi connectivity index (χ2v) is 4.53. The molecule has 0 bridgehead atoms. The highest BCUT2D eigenvalue weighted by Gasteiger charge is 2.35. The molecule has 0 aliphatic carbocycles. The van der Waals surface area contributed by atoms with Crippen LogP contribution in [0.15, 0.2) is 11.6 Å². The molecule has 0 aromatic carbocycles. The second kappa shape index (κ2) is 4.75. The van der Waals surface area contributed by atoms with Crippen LogP contribution in [0, 0.1) is 0 Å². The molecule has 2 aliphatic rings. The predicted octanol–water partition coefficient (Wildman–Crippen LogP) is 1.93. The van der Waals surface area contributed by atoms with Gasteiger partial charge in [0.05, 0.1) is 0 Å². The lowest BCUT2D eigenvalue weighted by Gasteiger charge is -2.29. The Balaban J connectivity index is 1.82. The van der Waals surface area contributed by atoms with Crippen molar-refractivity contribution in [1.82, 2.24) is 10.2 Å². The number of rotatable bonds is 2. The van der Waals surface area contributed by atoms with Crippen LogP contribution in [0.2, 0.25) is 0 Å². The second-order valence-electron chi connectivity index (χ2n) is 4.53. The average molecular weight is 234 g/mol. The highest BCUT2D eigenvalue weighted by molar-refractivity contribution is 5.13. The standard InChI is InChI=1S/C11H17F3N2/c12-11(13,14)9-3-6-16(7-4-9)8-10-2-1-5-15-10/h3,10,15H,1-2,4-8H2. The van der Waals surface area contributed by atoms with E-state index in [4.69, 9.17) is 0 Å². The van der Waals surface area contributed by atoms with Gasteiger partial charge in [-0.1, -0.05) is 6.08 Å². The molecule has 92 valence electrons. The van der Waals surface area contributed by atoms with E-state index in [1.165, 1.54) is 12.5 Å². The quantitative estimate of drug-likeness (QED) is 0.734. The van der Waals surface area contributed by atoms with Crippen molar-refractivity contribution in [2.75, 3.05) is 26.2 Å². The topological polar surface area (TPSA) is 15.3 Å². The van der Waals surface area contributed by atoms with E-state index in [2.05, 4.69) is 10.2 Å². The lowest BCUT2D eigenvalue weighted by atomic mass is 10.1. The van der Waals surface area contributed by atoms with Crippen molar-refractivity contribution in [3.8, 4) is 0 Å². The van der Waals surface area contributed by atoms with Gasteiger partial charge in [0.2, 0.25) is 0 Å². The minimum absolute atomic E-state index is 0.135. The van der Waals surface area contributed by atoms with Gasteiger partial charge in [-0.15, -0.1) is 0 Å². The zero-order chi connectivity index (χ0) is 11.6. The molecule has 1 atom stereocenters. The van der Waals surface area contributed by atoms with E-state index in [-0.39, 0.29) is 12.0 Å².